The number of alkyl carbamates (subject to hydrolysis) is 1. The zero-order chi connectivity index (χ0) is 35.7. The van der Waals surface area contributed by atoms with Gasteiger partial charge in [0.05, 0.1) is 33.9 Å². The number of rotatable bonds is 5. The minimum Gasteiger partial charge on any atom is -0.481 e. The predicted molar refractivity (Wildman–Crippen MR) is 180 cm³/mol. The smallest absolute Gasteiger partial charge is 0.408 e. The number of carbonyl (C=O) groups is 4. The first-order chi connectivity index (χ1) is 23.8. The van der Waals surface area contributed by atoms with Crippen molar-refractivity contribution in [3.05, 3.63) is 52.6 Å². The number of hydrogen-bond acceptors (Lipinski definition) is 10. The van der Waals surface area contributed by atoms with E-state index in [-0.39, 0.29) is 47.7 Å². The number of aromatic nitrogens is 2. The highest BCUT2D eigenvalue weighted by Crippen LogP contribution is 2.39. The number of amides is 2. The molecule has 1 aromatic carbocycles. The fourth-order valence-electron chi connectivity index (χ4n) is 6.20. The molecule has 1 saturated heterocycles. The maximum Gasteiger partial charge on any atom is 0.408 e. The molecule has 12 nitrogen and oxygen atoms in total. The molecule has 0 bridgehead atoms. The van der Waals surface area contributed by atoms with Crippen LogP contribution < -0.4 is 10.1 Å². The van der Waals surface area contributed by atoms with Crippen molar-refractivity contribution >= 4 is 52.3 Å². The van der Waals surface area contributed by atoms with Crippen LogP contribution in [0, 0.1) is 17.6 Å². The number of carbonyl (C=O) groups excluding carboxylic acids is 3. The van der Waals surface area contributed by atoms with Gasteiger partial charge in [-0.25, -0.2) is 23.5 Å². The number of aliphatic carboxylic acids is 1. The lowest BCUT2D eigenvalue weighted by molar-refractivity contribution is -0.142. The number of fused-ring (bicyclic) bond motifs is 2. The van der Waals surface area contributed by atoms with Gasteiger partial charge in [0, 0.05) is 49.7 Å². The molecule has 0 spiro atoms. The Bertz CT molecular complexity index is 1890. The molecular formula is C35H37F2N5O7S. The van der Waals surface area contributed by atoms with Gasteiger partial charge in [-0.1, -0.05) is 12.5 Å². The number of carboxylic acids is 1. The van der Waals surface area contributed by atoms with E-state index < -0.39 is 59.4 Å². The Kier molecular flexibility index (Phi) is 9.96. The van der Waals surface area contributed by atoms with Crippen LogP contribution in [-0.2, 0) is 19.1 Å². The highest BCUT2D eigenvalue weighted by Gasteiger charge is 2.47. The average molecular weight is 710 g/mol. The summed E-state index contributed by atoms with van der Waals surface area (Å²) in [6, 6.07) is 3.38. The Morgan fingerprint density at radius 3 is 2.48 bits per heavy atom. The molecule has 2 aromatic heterocycles. The van der Waals surface area contributed by atoms with Gasteiger partial charge in [-0.15, -0.1) is 11.3 Å². The topological polar surface area (TPSA) is 160 Å². The SMILES string of the molecule is CC(C)(C)OC(=O)N[C@H]1CCCCC2=C(C2)N=C[C@@H]2[C@@H](C(=O)O)CC(=O)N2[C@H](Oc2nc3cc(F)c(F)cc3nc2-c2cccs2)CCC1=O. The lowest BCUT2D eigenvalue weighted by Gasteiger charge is -2.33. The summed E-state index contributed by atoms with van der Waals surface area (Å²) in [7, 11) is 0. The van der Waals surface area contributed by atoms with E-state index in [1.54, 1.807) is 38.3 Å². The Labute approximate surface area is 290 Å². The second-order valence-corrected chi connectivity index (χ2v) is 14.5. The summed E-state index contributed by atoms with van der Waals surface area (Å²) in [6.07, 6.45) is 1.95. The number of halogens is 2. The highest BCUT2D eigenvalue weighted by atomic mass is 32.1. The van der Waals surface area contributed by atoms with E-state index in [4.69, 9.17) is 9.47 Å². The number of nitrogens with zero attached hydrogens (tertiary/aromatic N) is 4. The number of ketones is 1. The second kappa shape index (κ2) is 14.2. The number of allylic oxidation sites excluding steroid dienone is 2. The van der Waals surface area contributed by atoms with Gasteiger partial charge in [-0.3, -0.25) is 24.3 Å². The van der Waals surface area contributed by atoms with Crippen LogP contribution >= 0.6 is 11.3 Å². The van der Waals surface area contributed by atoms with Gasteiger partial charge in [0.15, 0.2) is 23.6 Å². The Morgan fingerprint density at radius 1 is 1.06 bits per heavy atom. The lowest BCUT2D eigenvalue weighted by Crippen LogP contribution is -2.49. The normalized spacial score (nSPS) is 23.2. The summed E-state index contributed by atoms with van der Waals surface area (Å²) >= 11 is 1.29. The van der Waals surface area contributed by atoms with E-state index >= 15 is 0 Å². The minimum atomic E-state index is -1.26. The lowest BCUT2D eigenvalue weighted by atomic mass is 9.99. The summed E-state index contributed by atoms with van der Waals surface area (Å²) in [5.74, 6) is -5.59. The summed E-state index contributed by atoms with van der Waals surface area (Å²) in [6.45, 7) is 5.15. The molecule has 1 fully saturated rings. The molecule has 0 unspecified atom stereocenters. The van der Waals surface area contributed by atoms with Crippen LogP contribution in [-0.4, -0.2) is 73.9 Å². The van der Waals surface area contributed by atoms with Gasteiger partial charge in [0.25, 0.3) is 0 Å². The third kappa shape index (κ3) is 7.98. The van der Waals surface area contributed by atoms with Crippen molar-refractivity contribution in [3.8, 4) is 16.5 Å². The minimum absolute atomic E-state index is 0.0171. The van der Waals surface area contributed by atoms with Crippen LogP contribution in [0.3, 0.4) is 0 Å². The standard InChI is InChI=1S/C35H37F2N5O7S/c1-35(2,3)49-34(47)41-22-8-5-4-7-18-13-23(18)38-17-26-19(33(45)46)14-29(44)42(26)30(11-10-27(22)43)48-32-31(28-9-6-12-50-28)39-24-15-20(36)21(37)16-25(24)40-32/h6,9,12,15-17,19,22,26,30H,4-5,7-8,10-11,13-14H2,1-3H3,(H,41,47)(H,45,46)/t19-,22-,26+,30+/m0/s1. The number of Topliss-reactive ketones (excluding diaryl/α,β-unsaturated/α-hetero) is 1. The van der Waals surface area contributed by atoms with E-state index in [0.29, 0.717) is 24.1 Å². The maximum absolute atomic E-state index is 14.3. The van der Waals surface area contributed by atoms with Crippen molar-refractivity contribution in [3.63, 3.8) is 0 Å². The summed E-state index contributed by atoms with van der Waals surface area (Å²) < 4.78 is 40.4. The van der Waals surface area contributed by atoms with Crippen LogP contribution in [0.15, 0.2) is 45.9 Å². The van der Waals surface area contributed by atoms with Crippen molar-refractivity contribution in [1.29, 1.82) is 0 Å². The fraction of sp³-hybridized carbons (Fsp3) is 0.457. The molecule has 3 aromatic rings. The maximum atomic E-state index is 14.3. The summed E-state index contributed by atoms with van der Waals surface area (Å²) in [5, 5.41) is 14.6. The van der Waals surface area contributed by atoms with Crippen molar-refractivity contribution in [1.82, 2.24) is 20.2 Å². The molecule has 50 heavy (non-hydrogen) atoms. The number of carboxylic acid groups (broad SMARTS) is 1. The molecule has 4 atom stereocenters. The number of aliphatic imine (C=N–C) groups is 1. The Balaban J connectivity index is 1.40. The monoisotopic (exact) mass is 709 g/mol. The number of ether oxygens (including phenoxy) is 2. The first kappa shape index (κ1) is 35.1. The molecule has 264 valence electrons. The van der Waals surface area contributed by atoms with Crippen LogP contribution in [0.5, 0.6) is 5.88 Å². The van der Waals surface area contributed by atoms with Gasteiger partial charge in [0.1, 0.15) is 11.3 Å². The van der Waals surface area contributed by atoms with Crippen LogP contribution in [0.25, 0.3) is 21.6 Å². The van der Waals surface area contributed by atoms with Gasteiger partial charge >= 0.3 is 12.1 Å². The third-order valence-corrected chi connectivity index (χ3v) is 9.58. The molecule has 2 amide bonds. The summed E-state index contributed by atoms with van der Waals surface area (Å²) in [5.41, 5.74) is 1.36. The molecule has 0 radical (unpaired) electrons. The predicted octanol–water partition coefficient (Wildman–Crippen LogP) is 6.19. The molecule has 15 heteroatoms. The van der Waals surface area contributed by atoms with Crippen molar-refractivity contribution < 1.29 is 42.5 Å². The number of benzene rings is 1. The molecular weight excluding hydrogens is 672 g/mol. The molecule has 4 heterocycles. The molecule has 0 saturated carbocycles. The van der Waals surface area contributed by atoms with Gasteiger partial charge in [0.2, 0.25) is 11.8 Å². The van der Waals surface area contributed by atoms with Crippen molar-refractivity contribution in [2.45, 2.75) is 96.1 Å². The zero-order valence-corrected chi connectivity index (χ0v) is 28.6. The molecule has 2 N–H and O–H groups in total. The molecule has 3 aliphatic rings. The van der Waals surface area contributed by atoms with E-state index in [1.807, 2.05) is 0 Å². The van der Waals surface area contributed by atoms with E-state index in [1.165, 1.54) is 22.5 Å². The van der Waals surface area contributed by atoms with Crippen molar-refractivity contribution in [2.75, 3.05) is 0 Å². The fourth-order valence-corrected chi connectivity index (χ4v) is 6.90. The largest absolute Gasteiger partial charge is 0.481 e. The van der Waals surface area contributed by atoms with Gasteiger partial charge < -0.3 is 19.9 Å². The number of thiophene rings is 1. The third-order valence-electron chi connectivity index (χ3n) is 8.71. The first-order valence-corrected chi connectivity index (χ1v) is 17.3. The second-order valence-electron chi connectivity index (χ2n) is 13.6. The van der Waals surface area contributed by atoms with Crippen LogP contribution in [0.2, 0.25) is 0 Å². The summed E-state index contributed by atoms with van der Waals surface area (Å²) in [4.78, 5) is 68.1. The molecule has 6 rings (SSSR count). The number of nitrogens with one attached hydrogen (secondary N) is 1. The Morgan fingerprint density at radius 2 is 1.80 bits per heavy atom. The average Bonchev–Trinajstić information content (AvgIpc) is 3.39. The molecule has 2 aliphatic heterocycles. The van der Waals surface area contributed by atoms with E-state index in [9.17, 15) is 33.1 Å². The Hall–Kier alpha value is -4.79. The van der Waals surface area contributed by atoms with E-state index in [0.717, 1.165) is 36.2 Å². The van der Waals surface area contributed by atoms with Crippen LogP contribution in [0.1, 0.15) is 72.1 Å². The van der Waals surface area contributed by atoms with Crippen molar-refractivity contribution in [2.24, 2.45) is 10.9 Å². The van der Waals surface area contributed by atoms with E-state index in [2.05, 4.69) is 20.3 Å². The van der Waals surface area contributed by atoms with Crippen LogP contribution in [0.4, 0.5) is 13.6 Å². The zero-order valence-electron chi connectivity index (χ0n) is 27.8. The van der Waals surface area contributed by atoms with Gasteiger partial charge in [-0.05, 0) is 57.1 Å². The highest BCUT2D eigenvalue weighted by molar-refractivity contribution is 7.13. The first-order valence-electron chi connectivity index (χ1n) is 16.5. The number of hydrogen-bond donors (Lipinski definition) is 2. The molecule has 1 aliphatic carbocycles. The quantitative estimate of drug-likeness (QED) is 0.315. The van der Waals surface area contributed by atoms with Gasteiger partial charge in [-0.2, -0.15) is 0 Å².